The molecule has 1 unspecified atom stereocenters. The zero-order valence-electron chi connectivity index (χ0n) is 10.6. The van der Waals surface area contributed by atoms with Crippen molar-refractivity contribution in [3.63, 3.8) is 0 Å². The van der Waals surface area contributed by atoms with Crippen LogP contribution in [-0.4, -0.2) is 6.54 Å². The van der Waals surface area contributed by atoms with E-state index in [4.69, 9.17) is 23.2 Å². The van der Waals surface area contributed by atoms with Gasteiger partial charge >= 0.3 is 0 Å². The summed E-state index contributed by atoms with van der Waals surface area (Å²) in [7, 11) is 0. The molecule has 0 saturated heterocycles. The molecule has 1 nitrogen and oxygen atoms in total. The van der Waals surface area contributed by atoms with E-state index in [9.17, 15) is 0 Å². The summed E-state index contributed by atoms with van der Waals surface area (Å²) in [6.07, 6.45) is 0. The summed E-state index contributed by atoms with van der Waals surface area (Å²) in [6, 6.07) is 8.11. The predicted octanol–water partition coefficient (Wildman–Crippen LogP) is 5.82. The van der Waals surface area contributed by atoms with Gasteiger partial charge in [0.2, 0.25) is 0 Å². The Morgan fingerprint density at radius 1 is 1.32 bits per heavy atom. The minimum Gasteiger partial charge on any atom is -0.306 e. The molecule has 2 aromatic rings. The van der Waals surface area contributed by atoms with Gasteiger partial charge in [-0.1, -0.05) is 36.2 Å². The summed E-state index contributed by atoms with van der Waals surface area (Å²) in [5, 5.41) is 5.00. The van der Waals surface area contributed by atoms with E-state index in [1.165, 1.54) is 16.0 Å². The molecule has 0 radical (unpaired) electrons. The molecule has 0 aliphatic heterocycles. The standard InChI is InChI=1S/C14H14BrCl2NS/c1-3-18-13(12-7-11(17)14(15)19-12)10-6-9(16)5-4-8(10)2/h4-7,13,18H,3H2,1-2H3. The van der Waals surface area contributed by atoms with Gasteiger partial charge in [-0.25, -0.2) is 0 Å². The molecule has 1 atom stereocenters. The number of aryl methyl sites for hydroxylation is 1. The second-order valence-electron chi connectivity index (χ2n) is 4.26. The van der Waals surface area contributed by atoms with E-state index in [-0.39, 0.29) is 6.04 Å². The van der Waals surface area contributed by atoms with Gasteiger partial charge in [0.15, 0.2) is 0 Å². The zero-order chi connectivity index (χ0) is 14.0. The average Bonchev–Trinajstić information content (AvgIpc) is 2.70. The fourth-order valence-corrected chi connectivity index (χ4v) is 4.02. The van der Waals surface area contributed by atoms with E-state index in [0.717, 1.165) is 20.4 Å². The van der Waals surface area contributed by atoms with Crippen LogP contribution in [0.3, 0.4) is 0 Å². The maximum atomic E-state index is 6.14. The lowest BCUT2D eigenvalue weighted by molar-refractivity contribution is 0.637. The van der Waals surface area contributed by atoms with E-state index in [1.807, 2.05) is 24.3 Å². The van der Waals surface area contributed by atoms with Crippen molar-refractivity contribution >= 4 is 50.5 Å². The molecular formula is C14H14BrCl2NS. The van der Waals surface area contributed by atoms with E-state index >= 15 is 0 Å². The molecule has 0 spiro atoms. The highest BCUT2D eigenvalue weighted by Crippen LogP contribution is 2.38. The van der Waals surface area contributed by atoms with Gasteiger partial charge in [-0.2, -0.15) is 0 Å². The zero-order valence-corrected chi connectivity index (χ0v) is 14.6. The maximum absolute atomic E-state index is 6.14. The van der Waals surface area contributed by atoms with Crippen molar-refractivity contribution in [2.75, 3.05) is 6.54 Å². The van der Waals surface area contributed by atoms with Crippen LogP contribution in [-0.2, 0) is 0 Å². The van der Waals surface area contributed by atoms with Gasteiger partial charge in [-0.05, 0) is 58.7 Å². The minimum absolute atomic E-state index is 0.123. The Hall–Kier alpha value is -0.0600. The first-order chi connectivity index (χ1) is 9.02. The molecular weight excluding hydrogens is 365 g/mol. The van der Waals surface area contributed by atoms with Gasteiger partial charge < -0.3 is 5.32 Å². The number of halogens is 3. The third-order valence-corrected chi connectivity index (χ3v) is 5.68. The molecule has 0 bridgehead atoms. The van der Waals surface area contributed by atoms with E-state index in [2.05, 4.69) is 35.1 Å². The van der Waals surface area contributed by atoms with Crippen molar-refractivity contribution in [3.05, 3.63) is 54.1 Å². The highest BCUT2D eigenvalue weighted by molar-refractivity contribution is 9.11. The fraction of sp³-hybridized carbons (Fsp3) is 0.286. The number of benzene rings is 1. The van der Waals surface area contributed by atoms with Crippen LogP contribution >= 0.6 is 50.5 Å². The first-order valence-corrected chi connectivity index (χ1v) is 8.33. The Bertz CT molecular complexity index is 563. The number of rotatable bonds is 4. The highest BCUT2D eigenvalue weighted by Gasteiger charge is 2.19. The topological polar surface area (TPSA) is 12.0 Å². The Morgan fingerprint density at radius 2 is 2.05 bits per heavy atom. The summed E-state index contributed by atoms with van der Waals surface area (Å²) in [4.78, 5) is 1.18. The van der Waals surface area contributed by atoms with Gasteiger partial charge in [-0.3, -0.25) is 0 Å². The monoisotopic (exact) mass is 377 g/mol. The summed E-state index contributed by atoms with van der Waals surface area (Å²) in [5.74, 6) is 0. The Balaban J connectivity index is 2.47. The van der Waals surface area contributed by atoms with Gasteiger partial charge in [-0.15, -0.1) is 11.3 Å². The summed E-state index contributed by atoms with van der Waals surface area (Å²) >= 11 is 17.4. The molecule has 0 aliphatic rings. The minimum atomic E-state index is 0.123. The number of thiophene rings is 1. The molecule has 19 heavy (non-hydrogen) atoms. The largest absolute Gasteiger partial charge is 0.306 e. The SMILES string of the molecule is CCNC(c1cc(Cl)c(Br)s1)c1cc(Cl)ccc1C. The molecule has 0 fully saturated rings. The summed E-state index contributed by atoms with van der Waals surface area (Å²) in [5.41, 5.74) is 2.41. The summed E-state index contributed by atoms with van der Waals surface area (Å²) in [6.45, 7) is 5.07. The van der Waals surface area contributed by atoms with Gasteiger partial charge in [0.05, 0.1) is 14.9 Å². The quantitative estimate of drug-likeness (QED) is 0.706. The molecule has 1 N–H and O–H groups in total. The van der Waals surface area contributed by atoms with Crippen LogP contribution in [0.5, 0.6) is 0 Å². The predicted molar refractivity (Wildman–Crippen MR) is 88.7 cm³/mol. The van der Waals surface area contributed by atoms with E-state index in [1.54, 1.807) is 11.3 Å². The lowest BCUT2D eigenvalue weighted by atomic mass is 10.00. The van der Waals surface area contributed by atoms with E-state index < -0.39 is 0 Å². The van der Waals surface area contributed by atoms with Crippen molar-refractivity contribution in [1.82, 2.24) is 5.32 Å². The second kappa shape index (κ2) is 6.59. The van der Waals surface area contributed by atoms with Crippen LogP contribution in [0.2, 0.25) is 10.0 Å². The first kappa shape index (κ1) is 15.3. The number of nitrogens with one attached hydrogen (secondary N) is 1. The van der Waals surface area contributed by atoms with Gasteiger partial charge in [0, 0.05) is 9.90 Å². The second-order valence-corrected chi connectivity index (χ2v) is 7.51. The third-order valence-electron chi connectivity index (χ3n) is 2.91. The first-order valence-electron chi connectivity index (χ1n) is 5.97. The van der Waals surface area contributed by atoms with Crippen LogP contribution < -0.4 is 5.32 Å². The van der Waals surface area contributed by atoms with E-state index in [0.29, 0.717) is 0 Å². The Labute approximate surface area is 136 Å². The van der Waals surface area contributed by atoms with Crippen molar-refractivity contribution in [1.29, 1.82) is 0 Å². The lowest BCUT2D eigenvalue weighted by Crippen LogP contribution is -2.21. The number of hydrogen-bond acceptors (Lipinski definition) is 2. The normalized spacial score (nSPS) is 12.7. The lowest BCUT2D eigenvalue weighted by Gasteiger charge is -2.19. The smallest absolute Gasteiger partial charge is 0.0888 e. The van der Waals surface area contributed by atoms with Crippen LogP contribution in [0.4, 0.5) is 0 Å². The molecule has 5 heteroatoms. The molecule has 2 rings (SSSR count). The Morgan fingerprint density at radius 3 is 2.63 bits per heavy atom. The van der Waals surface area contributed by atoms with Gasteiger partial charge in [0.1, 0.15) is 0 Å². The van der Waals surface area contributed by atoms with Crippen molar-refractivity contribution < 1.29 is 0 Å². The molecule has 102 valence electrons. The fourth-order valence-electron chi connectivity index (χ4n) is 2.00. The maximum Gasteiger partial charge on any atom is 0.0888 e. The average molecular weight is 379 g/mol. The third kappa shape index (κ3) is 3.53. The van der Waals surface area contributed by atoms with Crippen LogP contribution in [0.1, 0.15) is 29.0 Å². The molecule has 0 saturated carbocycles. The molecule has 1 aromatic carbocycles. The molecule has 0 amide bonds. The highest BCUT2D eigenvalue weighted by atomic mass is 79.9. The van der Waals surface area contributed by atoms with Crippen LogP contribution in [0.15, 0.2) is 28.1 Å². The molecule has 0 aliphatic carbocycles. The molecule has 1 heterocycles. The van der Waals surface area contributed by atoms with Gasteiger partial charge in [0.25, 0.3) is 0 Å². The van der Waals surface area contributed by atoms with Crippen molar-refractivity contribution in [2.24, 2.45) is 0 Å². The number of hydrogen-bond donors (Lipinski definition) is 1. The molecule has 1 aromatic heterocycles. The van der Waals surface area contributed by atoms with Crippen molar-refractivity contribution in [2.45, 2.75) is 19.9 Å². The van der Waals surface area contributed by atoms with Crippen molar-refractivity contribution in [3.8, 4) is 0 Å². The Kier molecular flexibility index (Phi) is 5.32. The van der Waals surface area contributed by atoms with Crippen LogP contribution in [0.25, 0.3) is 0 Å². The van der Waals surface area contributed by atoms with Crippen LogP contribution in [0, 0.1) is 6.92 Å². The summed E-state index contributed by atoms with van der Waals surface area (Å²) < 4.78 is 0.965.